The molecule has 1 aromatic rings. The fourth-order valence-corrected chi connectivity index (χ4v) is 4.44. The van der Waals surface area contributed by atoms with E-state index in [2.05, 4.69) is 11.8 Å². The van der Waals surface area contributed by atoms with Gasteiger partial charge in [-0.05, 0) is 25.1 Å². The van der Waals surface area contributed by atoms with E-state index < -0.39 is 0 Å². The zero-order chi connectivity index (χ0) is 17.4. The molecule has 0 aliphatic carbocycles. The first kappa shape index (κ1) is 16.7. The number of benzene rings is 1. The molecular formula is C19H26N2O4. The molecule has 1 amide bonds. The fourth-order valence-electron chi connectivity index (χ4n) is 4.44. The number of piperidine rings is 1. The van der Waals surface area contributed by atoms with Crippen molar-refractivity contribution in [2.24, 2.45) is 5.92 Å². The second-order valence-electron chi connectivity index (χ2n) is 6.97. The first-order valence-electron chi connectivity index (χ1n) is 9.17. The van der Waals surface area contributed by atoms with Gasteiger partial charge < -0.3 is 24.0 Å². The van der Waals surface area contributed by atoms with E-state index in [4.69, 9.17) is 14.2 Å². The van der Waals surface area contributed by atoms with Crippen LogP contribution in [-0.2, 0) is 4.74 Å². The highest BCUT2D eigenvalue weighted by molar-refractivity contribution is 5.98. The standard InChI is InChI=1S/C19H26N2O4/c1-3-20-11-14-15(12-20)21(8-7-16(14)23-2)19(22)13-5-4-6-17-18(13)25-10-9-24-17/h4-6,14-16H,3,7-12H2,1-2H3/t14-,15+,16+/m0/s1. The summed E-state index contributed by atoms with van der Waals surface area (Å²) in [5.74, 6) is 1.68. The summed E-state index contributed by atoms with van der Waals surface area (Å²) in [6, 6.07) is 5.78. The highest BCUT2D eigenvalue weighted by Crippen LogP contribution is 2.37. The lowest BCUT2D eigenvalue weighted by Gasteiger charge is -2.41. The van der Waals surface area contributed by atoms with Gasteiger partial charge in [0, 0.05) is 32.7 Å². The zero-order valence-corrected chi connectivity index (χ0v) is 14.9. The first-order valence-corrected chi connectivity index (χ1v) is 9.17. The molecule has 3 heterocycles. The molecule has 4 rings (SSSR count). The van der Waals surface area contributed by atoms with Crippen LogP contribution in [0.25, 0.3) is 0 Å². The van der Waals surface area contributed by atoms with Crippen molar-refractivity contribution < 1.29 is 19.0 Å². The van der Waals surface area contributed by atoms with E-state index in [0.29, 0.717) is 36.2 Å². The van der Waals surface area contributed by atoms with Crippen LogP contribution in [0.2, 0.25) is 0 Å². The van der Waals surface area contributed by atoms with Gasteiger partial charge in [-0.2, -0.15) is 0 Å². The maximum Gasteiger partial charge on any atom is 0.258 e. The van der Waals surface area contributed by atoms with Gasteiger partial charge in [-0.25, -0.2) is 0 Å². The summed E-state index contributed by atoms with van der Waals surface area (Å²) in [5, 5.41) is 0. The summed E-state index contributed by atoms with van der Waals surface area (Å²) >= 11 is 0. The number of para-hydroxylation sites is 1. The molecular weight excluding hydrogens is 320 g/mol. The van der Waals surface area contributed by atoms with Crippen molar-refractivity contribution in [3.05, 3.63) is 23.8 Å². The minimum Gasteiger partial charge on any atom is -0.486 e. The molecule has 0 radical (unpaired) electrons. The number of hydrogen-bond donors (Lipinski definition) is 0. The van der Waals surface area contributed by atoms with Gasteiger partial charge in [0.2, 0.25) is 0 Å². The van der Waals surface area contributed by atoms with Crippen molar-refractivity contribution in [1.82, 2.24) is 9.80 Å². The smallest absolute Gasteiger partial charge is 0.258 e. The number of nitrogens with zero attached hydrogens (tertiary/aromatic N) is 2. The quantitative estimate of drug-likeness (QED) is 0.833. The molecule has 0 saturated carbocycles. The molecule has 0 N–H and O–H groups in total. The van der Waals surface area contributed by atoms with Crippen molar-refractivity contribution in [2.45, 2.75) is 25.5 Å². The molecule has 3 aliphatic heterocycles. The van der Waals surface area contributed by atoms with Crippen molar-refractivity contribution in [2.75, 3.05) is 46.5 Å². The molecule has 136 valence electrons. The molecule has 0 bridgehead atoms. The predicted octanol–water partition coefficient (Wildman–Crippen LogP) is 1.64. The Bertz CT molecular complexity index is 650. The van der Waals surface area contributed by atoms with Crippen LogP contribution < -0.4 is 9.47 Å². The summed E-state index contributed by atoms with van der Waals surface area (Å²) in [6.07, 6.45) is 1.11. The number of ether oxygens (including phenoxy) is 3. The van der Waals surface area contributed by atoms with Gasteiger partial charge in [0.25, 0.3) is 5.91 Å². The molecule has 2 saturated heterocycles. The molecule has 0 aromatic heterocycles. The number of carbonyl (C=O) groups is 1. The summed E-state index contributed by atoms with van der Waals surface area (Å²) in [7, 11) is 1.78. The number of likely N-dealkylation sites (N-methyl/N-ethyl adjacent to an activating group) is 1. The Hall–Kier alpha value is -1.79. The third kappa shape index (κ3) is 2.87. The lowest BCUT2D eigenvalue weighted by Crippen LogP contribution is -2.53. The van der Waals surface area contributed by atoms with Crippen molar-refractivity contribution in [1.29, 1.82) is 0 Å². The number of rotatable bonds is 3. The van der Waals surface area contributed by atoms with E-state index in [9.17, 15) is 4.79 Å². The molecule has 0 unspecified atom stereocenters. The summed E-state index contributed by atoms with van der Waals surface area (Å²) in [5.41, 5.74) is 0.613. The van der Waals surface area contributed by atoms with E-state index in [-0.39, 0.29) is 18.1 Å². The number of likely N-dealkylation sites (tertiary alicyclic amines) is 2. The monoisotopic (exact) mass is 346 g/mol. The molecule has 0 spiro atoms. The maximum atomic E-state index is 13.3. The Morgan fingerprint density at radius 1 is 1.28 bits per heavy atom. The highest BCUT2D eigenvalue weighted by Gasteiger charge is 2.46. The lowest BCUT2D eigenvalue weighted by molar-refractivity contribution is -0.0158. The zero-order valence-electron chi connectivity index (χ0n) is 14.9. The van der Waals surface area contributed by atoms with Gasteiger partial charge in [-0.1, -0.05) is 13.0 Å². The second kappa shape index (κ2) is 6.84. The average Bonchev–Trinajstić information content (AvgIpc) is 3.10. The molecule has 6 heteroatoms. The molecule has 3 aliphatic rings. The number of hydrogen-bond acceptors (Lipinski definition) is 5. The van der Waals surface area contributed by atoms with Crippen LogP contribution in [0.4, 0.5) is 0 Å². The Balaban J connectivity index is 1.62. The third-order valence-electron chi connectivity index (χ3n) is 5.75. The topological polar surface area (TPSA) is 51.2 Å². The fraction of sp³-hybridized carbons (Fsp3) is 0.632. The second-order valence-corrected chi connectivity index (χ2v) is 6.97. The van der Waals surface area contributed by atoms with E-state index in [1.54, 1.807) is 7.11 Å². The summed E-state index contributed by atoms with van der Waals surface area (Å²) in [4.78, 5) is 17.8. The molecule has 3 atom stereocenters. The maximum absolute atomic E-state index is 13.3. The van der Waals surface area contributed by atoms with Gasteiger partial charge in [-0.15, -0.1) is 0 Å². The Morgan fingerprint density at radius 2 is 2.12 bits per heavy atom. The Kier molecular flexibility index (Phi) is 4.56. The van der Waals surface area contributed by atoms with Crippen molar-refractivity contribution in [3.8, 4) is 11.5 Å². The third-order valence-corrected chi connectivity index (χ3v) is 5.75. The van der Waals surface area contributed by atoms with Gasteiger partial charge >= 0.3 is 0 Å². The van der Waals surface area contributed by atoms with Gasteiger partial charge in [0.1, 0.15) is 13.2 Å². The van der Waals surface area contributed by atoms with Crippen LogP contribution in [-0.4, -0.2) is 74.4 Å². The number of carbonyl (C=O) groups excluding carboxylic acids is 1. The van der Waals surface area contributed by atoms with Crippen LogP contribution >= 0.6 is 0 Å². The van der Waals surface area contributed by atoms with E-state index in [0.717, 1.165) is 32.6 Å². The lowest BCUT2D eigenvalue weighted by atomic mass is 9.88. The molecule has 2 fully saturated rings. The molecule has 25 heavy (non-hydrogen) atoms. The number of amides is 1. The van der Waals surface area contributed by atoms with Gasteiger partial charge in [0.15, 0.2) is 11.5 Å². The van der Waals surface area contributed by atoms with E-state index >= 15 is 0 Å². The predicted molar refractivity (Wildman–Crippen MR) is 93.3 cm³/mol. The van der Waals surface area contributed by atoms with Crippen molar-refractivity contribution >= 4 is 5.91 Å². The molecule has 6 nitrogen and oxygen atoms in total. The normalized spacial score (nSPS) is 28.7. The minimum absolute atomic E-state index is 0.0462. The van der Waals surface area contributed by atoms with E-state index in [1.165, 1.54) is 0 Å². The van der Waals surface area contributed by atoms with Gasteiger partial charge in [0.05, 0.1) is 17.7 Å². The minimum atomic E-state index is 0.0462. The number of methoxy groups -OCH3 is 1. The average molecular weight is 346 g/mol. The Labute approximate surface area is 148 Å². The largest absolute Gasteiger partial charge is 0.486 e. The molecule has 1 aromatic carbocycles. The van der Waals surface area contributed by atoms with E-state index in [1.807, 2.05) is 23.1 Å². The summed E-state index contributed by atoms with van der Waals surface area (Å²) < 4.78 is 17.1. The van der Waals surface area contributed by atoms with Crippen LogP contribution in [0.1, 0.15) is 23.7 Å². The SMILES string of the molecule is CCN1C[C@H]2[C@@H](C1)N(C(=O)c1cccc3c1OCCO3)CC[C@H]2OC. The van der Waals surface area contributed by atoms with Gasteiger partial charge in [-0.3, -0.25) is 4.79 Å². The van der Waals surface area contributed by atoms with Crippen LogP contribution in [0.15, 0.2) is 18.2 Å². The Morgan fingerprint density at radius 3 is 2.92 bits per heavy atom. The van der Waals surface area contributed by atoms with Crippen LogP contribution in [0.3, 0.4) is 0 Å². The number of fused-ring (bicyclic) bond motifs is 2. The van der Waals surface area contributed by atoms with Crippen LogP contribution in [0, 0.1) is 5.92 Å². The summed E-state index contributed by atoms with van der Waals surface area (Å²) in [6.45, 7) is 6.82. The van der Waals surface area contributed by atoms with Crippen LogP contribution in [0.5, 0.6) is 11.5 Å². The first-order chi connectivity index (χ1) is 12.2. The highest BCUT2D eigenvalue weighted by atomic mass is 16.6. The van der Waals surface area contributed by atoms with Crippen molar-refractivity contribution in [3.63, 3.8) is 0 Å².